The Morgan fingerprint density at radius 2 is 1.47 bits per heavy atom. The number of halogens is 1. The van der Waals surface area contributed by atoms with Crippen LogP contribution in [0, 0.1) is 0 Å². The van der Waals surface area contributed by atoms with E-state index < -0.39 is 8.80 Å². The molecule has 0 N–H and O–H groups in total. The van der Waals surface area contributed by atoms with Gasteiger partial charge in [-0.25, -0.2) is 0 Å². The summed E-state index contributed by atoms with van der Waals surface area (Å²) in [4.78, 5) is 0. The monoisotopic (exact) mass is 257 g/mol. The lowest BCUT2D eigenvalue weighted by Crippen LogP contribution is -2.30. The fraction of sp³-hybridized carbons (Fsp3) is 0.0667. The lowest BCUT2D eigenvalue weighted by molar-refractivity contribution is 1.66. The molecule has 0 bridgehead atoms. The minimum atomic E-state index is -0.774. The fourth-order valence-electron chi connectivity index (χ4n) is 1.63. The van der Waals surface area contributed by atoms with Gasteiger partial charge >= 0.3 is 0 Å². The Labute approximate surface area is 109 Å². The van der Waals surface area contributed by atoms with E-state index in [-0.39, 0.29) is 0 Å². The summed E-state index contributed by atoms with van der Waals surface area (Å²) in [6.45, 7) is 0. The van der Waals surface area contributed by atoms with Gasteiger partial charge in [-0.3, -0.25) is 0 Å². The smallest absolute Gasteiger partial charge is 0.128 e. The Bertz CT molecular complexity index is 465. The van der Waals surface area contributed by atoms with Crippen molar-refractivity contribution in [2.24, 2.45) is 0 Å². The van der Waals surface area contributed by atoms with Crippen molar-refractivity contribution in [3.05, 3.63) is 71.9 Å². The average Bonchev–Trinajstić information content (AvgIpc) is 2.42. The Balaban J connectivity index is 2.14. The quantitative estimate of drug-likeness (QED) is 0.582. The summed E-state index contributed by atoms with van der Waals surface area (Å²) in [6.07, 6.45) is 2.17. The third-order valence-electron chi connectivity index (χ3n) is 2.57. The molecule has 0 aromatic heterocycles. The molecule has 0 spiro atoms. The van der Waals surface area contributed by atoms with Crippen molar-refractivity contribution in [1.82, 2.24) is 0 Å². The molecule has 17 heavy (non-hydrogen) atoms. The Hall–Kier alpha value is -1.31. The first-order chi connectivity index (χ1) is 8.40. The maximum Gasteiger partial charge on any atom is 0.128 e. The molecule has 0 amide bonds. The molecule has 2 heteroatoms. The van der Waals surface area contributed by atoms with Gasteiger partial charge in [0.1, 0.15) is 8.80 Å². The molecular weight excluding hydrogens is 244 g/mol. The molecule has 0 heterocycles. The second-order valence-corrected chi connectivity index (χ2v) is 6.80. The van der Waals surface area contributed by atoms with Crippen molar-refractivity contribution < 1.29 is 0 Å². The van der Waals surface area contributed by atoms with Gasteiger partial charge < -0.3 is 0 Å². The highest BCUT2D eigenvalue weighted by Crippen LogP contribution is 2.03. The van der Waals surface area contributed by atoms with Crippen LogP contribution < -0.4 is 5.19 Å². The molecule has 0 unspecified atom stereocenters. The zero-order valence-corrected chi connectivity index (χ0v) is 11.3. The van der Waals surface area contributed by atoms with Crippen LogP contribution in [0.25, 0.3) is 6.08 Å². The molecule has 0 aliphatic carbocycles. The van der Waals surface area contributed by atoms with Crippen LogP contribution >= 0.6 is 11.6 Å². The van der Waals surface area contributed by atoms with E-state index >= 15 is 0 Å². The van der Waals surface area contributed by atoms with E-state index in [4.69, 9.17) is 11.6 Å². The van der Waals surface area contributed by atoms with Crippen molar-refractivity contribution >= 4 is 31.7 Å². The van der Waals surface area contributed by atoms with Crippen LogP contribution in [0.1, 0.15) is 5.56 Å². The predicted molar refractivity (Wildman–Crippen MR) is 78.0 cm³/mol. The largest absolute Gasteiger partial charge is 0.130 e. The van der Waals surface area contributed by atoms with Crippen LogP contribution in [0.2, 0.25) is 0 Å². The van der Waals surface area contributed by atoms with E-state index in [1.807, 2.05) is 12.1 Å². The van der Waals surface area contributed by atoms with E-state index in [1.54, 1.807) is 0 Å². The molecule has 2 aromatic rings. The number of rotatable bonds is 4. The highest BCUT2D eigenvalue weighted by Gasteiger charge is 2.07. The molecule has 0 fully saturated rings. The molecule has 0 nitrogen and oxygen atoms in total. The van der Waals surface area contributed by atoms with Crippen LogP contribution in [-0.4, -0.2) is 14.3 Å². The number of hydrogen-bond acceptors (Lipinski definition) is 0. The van der Waals surface area contributed by atoms with Gasteiger partial charge in [0.05, 0.1) is 0 Å². The van der Waals surface area contributed by atoms with Crippen LogP contribution in [0.15, 0.2) is 66.4 Å². The highest BCUT2D eigenvalue weighted by molar-refractivity contribution is 6.83. The normalized spacial score (nSPS) is 11.2. The summed E-state index contributed by atoms with van der Waals surface area (Å²) in [5, 5.41) is 1.36. The first-order valence-electron chi connectivity index (χ1n) is 5.60. The van der Waals surface area contributed by atoms with Crippen LogP contribution in [-0.2, 0) is 0 Å². The van der Waals surface area contributed by atoms with Gasteiger partial charge in [0, 0.05) is 5.50 Å². The summed E-state index contributed by atoms with van der Waals surface area (Å²) in [5.41, 5.74) is 4.21. The molecule has 85 valence electrons. The Kier molecular flexibility index (Phi) is 4.60. The second kappa shape index (κ2) is 6.43. The average molecular weight is 258 g/mol. The van der Waals surface area contributed by atoms with Gasteiger partial charge in [0.15, 0.2) is 0 Å². The van der Waals surface area contributed by atoms with Crippen molar-refractivity contribution in [2.75, 3.05) is 5.50 Å². The van der Waals surface area contributed by atoms with Gasteiger partial charge in [-0.15, -0.1) is 11.6 Å². The molecule has 0 saturated heterocycles. The Morgan fingerprint density at radius 3 is 2.06 bits per heavy atom. The molecule has 2 rings (SSSR count). The molecule has 1 radical (unpaired) electrons. The first kappa shape index (κ1) is 12.2. The molecule has 0 saturated carbocycles. The van der Waals surface area contributed by atoms with Gasteiger partial charge in [-0.1, -0.05) is 77.6 Å². The highest BCUT2D eigenvalue weighted by atomic mass is 35.5. The van der Waals surface area contributed by atoms with Gasteiger partial charge in [0.2, 0.25) is 0 Å². The fourth-order valence-corrected chi connectivity index (χ4v) is 3.81. The number of hydrogen-bond donors (Lipinski definition) is 0. The lowest BCUT2D eigenvalue weighted by Gasteiger charge is -2.06. The van der Waals surface area contributed by atoms with Crippen LogP contribution in [0.3, 0.4) is 0 Å². The second-order valence-electron chi connectivity index (χ2n) is 3.77. The molecular formula is C15H14ClSi. The molecule has 2 aromatic carbocycles. The van der Waals surface area contributed by atoms with E-state index in [1.165, 1.54) is 10.8 Å². The summed E-state index contributed by atoms with van der Waals surface area (Å²) in [6, 6.07) is 20.8. The van der Waals surface area contributed by atoms with Gasteiger partial charge in [-0.2, -0.15) is 0 Å². The van der Waals surface area contributed by atoms with Crippen molar-refractivity contribution in [3.8, 4) is 0 Å². The van der Waals surface area contributed by atoms with Crippen molar-refractivity contribution in [1.29, 1.82) is 0 Å². The minimum absolute atomic E-state index is 0.706. The van der Waals surface area contributed by atoms with E-state index in [0.717, 1.165) is 0 Å². The molecule has 0 atom stereocenters. The third kappa shape index (κ3) is 3.58. The van der Waals surface area contributed by atoms with Gasteiger partial charge in [0.25, 0.3) is 0 Å². The zero-order chi connectivity index (χ0) is 11.9. The summed E-state index contributed by atoms with van der Waals surface area (Å²) >= 11 is 6.06. The van der Waals surface area contributed by atoms with E-state index in [2.05, 4.69) is 60.3 Å². The van der Waals surface area contributed by atoms with Crippen molar-refractivity contribution in [2.45, 2.75) is 0 Å². The number of alkyl halides is 1. The SMILES string of the molecule is ClC[Si](C=Cc1ccccc1)c1ccccc1. The summed E-state index contributed by atoms with van der Waals surface area (Å²) in [7, 11) is -0.774. The van der Waals surface area contributed by atoms with Crippen LogP contribution in [0.4, 0.5) is 0 Å². The molecule has 0 aliphatic rings. The summed E-state index contributed by atoms with van der Waals surface area (Å²) < 4.78 is 0. The maximum atomic E-state index is 6.06. The van der Waals surface area contributed by atoms with E-state index in [0.29, 0.717) is 5.50 Å². The maximum absolute atomic E-state index is 6.06. The topological polar surface area (TPSA) is 0 Å². The molecule has 0 aliphatic heterocycles. The third-order valence-corrected chi connectivity index (χ3v) is 5.36. The zero-order valence-electron chi connectivity index (χ0n) is 9.51. The summed E-state index contributed by atoms with van der Waals surface area (Å²) in [5.74, 6) is 0. The van der Waals surface area contributed by atoms with Crippen molar-refractivity contribution in [3.63, 3.8) is 0 Å². The Morgan fingerprint density at radius 1 is 0.882 bits per heavy atom. The van der Waals surface area contributed by atoms with E-state index in [9.17, 15) is 0 Å². The lowest BCUT2D eigenvalue weighted by atomic mass is 10.2. The predicted octanol–water partition coefficient (Wildman–Crippen LogP) is 3.42. The van der Waals surface area contributed by atoms with Crippen LogP contribution in [0.5, 0.6) is 0 Å². The number of benzene rings is 2. The minimum Gasteiger partial charge on any atom is -0.130 e. The van der Waals surface area contributed by atoms with Gasteiger partial charge in [-0.05, 0) is 5.56 Å². The standard InChI is InChI=1S/C15H14ClSi/c16-13-17(15-9-5-2-6-10-15)12-11-14-7-3-1-4-8-14/h1-12H,13H2. The first-order valence-corrected chi connectivity index (χ1v) is 7.92.